The Kier molecular flexibility index (Phi) is 3.58. The van der Waals surface area contributed by atoms with Gasteiger partial charge in [0, 0.05) is 43.0 Å². The molecule has 0 atom stereocenters. The molecular formula is C14H19ClN2OS. The van der Waals surface area contributed by atoms with Crippen molar-refractivity contribution in [2.75, 3.05) is 19.6 Å². The summed E-state index contributed by atoms with van der Waals surface area (Å²) >= 11 is 1.89. The highest BCUT2D eigenvalue weighted by Gasteiger charge is 2.41. The Morgan fingerprint density at radius 3 is 2.84 bits per heavy atom. The molecule has 5 heteroatoms. The van der Waals surface area contributed by atoms with Crippen LogP contribution in [0, 0.1) is 5.92 Å². The average Bonchev–Trinajstić information content (AvgIpc) is 3.06. The van der Waals surface area contributed by atoms with Gasteiger partial charge in [0.1, 0.15) is 0 Å². The van der Waals surface area contributed by atoms with Crippen molar-refractivity contribution < 1.29 is 4.79 Å². The second-order valence-corrected chi connectivity index (χ2v) is 6.76. The zero-order valence-electron chi connectivity index (χ0n) is 10.9. The molecule has 0 spiro atoms. The maximum Gasteiger partial charge on any atom is 0.225 e. The van der Waals surface area contributed by atoms with Gasteiger partial charge in [-0.2, -0.15) is 0 Å². The van der Waals surface area contributed by atoms with Crippen molar-refractivity contribution in [2.45, 2.75) is 31.8 Å². The van der Waals surface area contributed by atoms with Crippen LogP contribution in [-0.4, -0.2) is 41.4 Å². The summed E-state index contributed by atoms with van der Waals surface area (Å²) in [5.41, 5.74) is 1.51. The van der Waals surface area contributed by atoms with Gasteiger partial charge in [-0.25, -0.2) is 0 Å². The van der Waals surface area contributed by atoms with Crippen molar-refractivity contribution in [3.63, 3.8) is 0 Å². The standard InChI is InChI=1S/C14H18N2OS.ClH/c17-14(10-1-2-10)16-8-12(9-16)15-5-3-13-11(7-15)4-6-18-13;/h4,6,10,12H,1-3,5,7-9H2;1H. The van der Waals surface area contributed by atoms with E-state index in [-0.39, 0.29) is 12.4 Å². The van der Waals surface area contributed by atoms with Crippen LogP contribution in [0.25, 0.3) is 0 Å². The van der Waals surface area contributed by atoms with E-state index >= 15 is 0 Å². The zero-order chi connectivity index (χ0) is 12.1. The third-order valence-corrected chi connectivity index (χ3v) is 5.48. The lowest BCUT2D eigenvalue weighted by Crippen LogP contribution is -2.61. The van der Waals surface area contributed by atoms with Crippen LogP contribution in [0.4, 0.5) is 0 Å². The molecule has 104 valence electrons. The molecule has 1 saturated heterocycles. The Labute approximate surface area is 124 Å². The van der Waals surface area contributed by atoms with Gasteiger partial charge in [0.05, 0.1) is 0 Å². The van der Waals surface area contributed by atoms with Crippen molar-refractivity contribution in [2.24, 2.45) is 5.92 Å². The van der Waals surface area contributed by atoms with E-state index in [4.69, 9.17) is 0 Å². The van der Waals surface area contributed by atoms with Gasteiger partial charge in [-0.15, -0.1) is 23.7 Å². The van der Waals surface area contributed by atoms with Crippen molar-refractivity contribution >= 4 is 29.7 Å². The van der Waals surface area contributed by atoms with Crippen molar-refractivity contribution in [1.29, 1.82) is 0 Å². The molecule has 0 N–H and O–H groups in total. The van der Waals surface area contributed by atoms with E-state index in [1.54, 1.807) is 4.88 Å². The third-order valence-electron chi connectivity index (χ3n) is 4.45. The number of rotatable bonds is 2. The molecule has 2 fully saturated rings. The molecule has 1 amide bonds. The fourth-order valence-corrected chi connectivity index (χ4v) is 3.93. The van der Waals surface area contributed by atoms with Crippen LogP contribution in [0.3, 0.4) is 0 Å². The zero-order valence-corrected chi connectivity index (χ0v) is 12.5. The van der Waals surface area contributed by atoms with Gasteiger partial charge in [0.2, 0.25) is 5.91 Å². The summed E-state index contributed by atoms with van der Waals surface area (Å²) in [6.45, 7) is 4.20. The van der Waals surface area contributed by atoms with E-state index in [0.717, 1.165) is 32.5 Å². The van der Waals surface area contributed by atoms with Gasteiger partial charge >= 0.3 is 0 Å². The van der Waals surface area contributed by atoms with Gasteiger partial charge < -0.3 is 4.90 Å². The van der Waals surface area contributed by atoms with E-state index in [9.17, 15) is 4.79 Å². The first kappa shape index (κ1) is 13.4. The summed E-state index contributed by atoms with van der Waals surface area (Å²) in [5, 5.41) is 2.21. The number of hydrogen-bond donors (Lipinski definition) is 0. The number of hydrogen-bond acceptors (Lipinski definition) is 3. The fraction of sp³-hybridized carbons (Fsp3) is 0.643. The average molecular weight is 299 g/mol. The number of nitrogens with zero attached hydrogens (tertiary/aromatic N) is 2. The first-order valence-electron chi connectivity index (χ1n) is 6.89. The highest BCUT2D eigenvalue weighted by atomic mass is 35.5. The van der Waals surface area contributed by atoms with Gasteiger partial charge in [-0.3, -0.25) is 9.69 Å². The minimum absolute atomic E-state index is 0. The van der Waals surface area contributed by atoms with Gasteiger partial charge in [0.15, 0.2) is 0 Å². The predicted octanol–water partition coefficient (Wildman–Crippen LogP) is 2.15. The van der Waals surface area contributed by atoms with Crippen LogP contribution >= 0.6 is 23.7 Å². The molecule has 2 aliphatic heterocycles. The third kappa shape index (κ3) is 2.41. The summed E-state index contributed by atoms with van der Waals surface area (Å²) in [6.07, 6.45) is 3.45. The molecule has 19 heavy (non-hydrogen) atoms. The second-order valence-electron chi connectivity index (χ2n) is 5.76. The number of likely N-dealkylation sites (tertiary alicyclic amines) is 1. The summed E-state index contributed by atoms with van der Waals surface area (Å²) in [6, 6.07) is 2.87. The highest BCUT2D eigenvalue weighted by molar-refractivity contribution is 7.10. The van der Waals surface area contributed by atoms with Gasteiger partial charge in [0.25, 0.3) is 0 Å². The molecule has 3 heterocycles. The molecule has 1 saturated carbocycles. The molecule has 0 unspecified atom stereocenters. The van der Waals surface area contributed by atoms with Crippen LogP contribution in [0.15, 0.2) is 11.4 Å². The van der Waals surface area contributed by atoms with E-state index in [1.807, 2.05) is 11.3 Å². The van der Waals surface area contributed by atoms with Crippen molar-refractivity contribution in [3.8, 4) is 0 Å². The Morgan fingerprint density at radius 2 is 2.11 bits per heavy atom. The number of halogens is 1. The summed E-state index contributed by atoms with van der Waals surface area (Å²) in [5.74, 6) is 0.801. The maximum atomic E-state index is 11.9. The molecule has 1 aliphatic carbocycles. The molecule has 0 bridgehead atoms. The number of amides is 1. The van der Waals surface area contributed by atoms with E-state index < -0.39 is 0 Å². The van der Waals surface area contributed by atoms with E-state index in [1.165, 1.54) is 18.5 Å². The quantitative estimate of drug-likeness (QED) is 0.835. The molecule has 0 aromatic carbocycles. The molecule has 1 aromatic heterocycles. The largest absolute Gasteiger partial charge is 0.339 e. The Morgan fingerprint density at radius 1 is 1.32 bits per heavy atom. The maximum absolute atomic E-state index is 11.9. The predicted molar refractivity (Wildman–Crippen MR) is 78.8 cm³/mol. The minimum atomic E-state index is 0. The Balaban J connectivity index is 0.00000110. The van der Waals surface area contributed by atoms with Crippen molar-refractivity contribution in [1.82, 2.24) is 9.80 Å². The van der Waals surface area contributed by atoms with Crippen LogP contribution in [0.2, 0.25) is 0 Å². The smallest absolute Gasteiger partial charge is 0.225 e. The van der Waals surface area contributed by atoms with Crippen LogP contribution < -0.4 is 0 Å². The van der Waals surface area contributed by atoms with Gasteiger partial charge in [-0.05, 0) is 36.3 Å². The first-order chi connectivity index (χ1) is 8.81. The molecular weight excluding hydrogens is 280 g/mol. The van der Waals surface area contributed by atoms with E-state index in [0.29, 0.717) is 17.9 Å². The number of carbonyl (C=O) groups is 1. The fourth-order valence-electron chi connectivity index (χ4n) is 3.04. The SMILES string of the molecule is Cl.O=C(C1CC1)N1CC(N2CCc3sccc3C2)C1. The number of carbonyl (C=O) groups excluding carboxylic acids is 1. The summed E-state index contributed by atoms with van der Waals surface area (Å²) in [4.78, 5) is 18.1. The lowest BCUT2D eigenvalue weighted by molar-refractivity contribution is -0.140. The summed E-state index contributed by atoms with van der Waals surface area (Å²) in [7, 11) is 0. The summed E-state index contributed by atoms with van der Waals surface area (Å²) < 4.78 is 0. The molecule has 1 aromatic rings. The molecule has 3 nitrogen and oxygen atoms in total. The second kappa shape index (κ2) is 5.08. The monoisotopic (exact) mass is 298 g/mol. The van der Waals surface area contributed by atoms with E-state index in [2.05, 4.69) is 21.2 Å². The topological polar surface area (TPSA) is 23.6 Å². The Hall–Kier alpha value is -0.580. The lowest BCUT2D eigenvalue weighted by Gasteiger charge is -2.46. The first-order valence-corrected chi connectivity index (χ1v) is 7.77. The van der Waals surface area contributed by atoms with Crippen LogP contribution in [-0.2, 0) is 17.8 Å². The number of fused-ring (bicyclic) bond motifs is 1. The Bertz CT molecular complexity index is 480. The minimum Gasteiger partial charge on any atom is -0.339 e. The van der Waals surface area contributed by atoms with Crippen LogP contribution in [0.1, 0.15) is 23.3 Å². The normalized spacial score (nSPS) is 23.5. The van der Waals surface area contributed by atoms with Gasteiger partial charge in [-0.1, -0.05) is 0 Å². The van der Waals surface area contributed by atoms with Crippen molar-refractivity contribution in [3.05, 3.63) is 21.9 Å². The lowest BCUT2D eigenvalue weighted by atomic mass is 10.0. The highest BCUT2D eigenvalue weighted by Crippen LogP contribution is 2.34. The molecule has 0 radical (unpaired) electrons. The molecule has 4 rings (SSSR count). The van der Waals surface area contributed by atoms with Crippen LogP contribution in [0.5, 0.6) is 0 Å². The number of thiophene rings is 1. The molecule has 3 aliphatic rings.